The van der Waals surface area contributed by atoms with Gasteiger partial charge in [0.25, 0.3) is 0 Å². The highest BCUT2D eigenvalue weighted by molar-refractivity contribution is 7.89. The van der Waals surface area contributed by atoms with E-state index in [0.717, 1.165) is 16.4 Å². The Hall–Kier alpha value is -1.36. The Balaban J connectivity index is 3.21. The van der Waals surface area contributed by atoms with Crippen molar-refractivity contribution in [3.63, 3.8) is 0 Å². The first kappa shape index (κ1) is 24.7. The summed E-state index contributed by atoms with van der Waals surface area (Å²) in [4.78, 5) is 11.6. The van der Waals surface area contributed by atoms with Crippen molar-refractivity contribution in [3.8, 4) is 0 Å². The molecule has 1 rings (SSSR count). The molecule has 0 heterocycles. The van der Waals surface area contributed by atoms with Crippen LogP contribution in [0.15, 0.2) is 23.1 Å². The summed E-state index contributed by atoms with van der Waals surface area (Å²) in [7, 11) is -2.93. The lowest BCUT2D eigenvalue weighted by Crippen LogP contribution is -2.43. The van der Waals surface area contributed by atoms with E-state index in [1.54, 1.807) is 6.92 Å². The predicted octanol–water partition coefficient (Wildman–Crippen LogP) is 3.30. The largest absolute Gasteiger partial charge is 0.417 e. The van der Waals surface area contributed by atoms with Crippen LogP contribution in [0.25, 0.3) is 0 Å². The van der Waals surface area contributed by atoms with Crippen LogP contribution in [-0.4, -0.2) is 51.5 Å². The standard InChI is InChI=1S/C17H24ClF3N2O4S/c1-4-12(2)22-16(24)11-23(8-5-9-27-3)28(25,26)13-6-7-15(18)14(10-13)17(19,20)21/h6-7,10,12H,4-5,8-9,11H2,1-3H3,(H,22,24). The number of hydrogen-bond donors (Lipinski definition) is 1. The normalized spacial score (nSPS) is 13.6. The maximum Gasteiger partial charge on any atom is 0.417 e. The van der Waals surface area contributed by atoms with Crippen molar-refractivity contribution in [2.24, 2.45) is 0 Å². The molecule has 0 saturated carbocycles. The van der Waals surface area contributed by atoms with E-state index >= 15 is 0 Å². The molecule has 0 aliphatic heterocycles. The molecule has 0 radical (unpaired) electrons. The number of hydrogen-bond acceptors (Lipinski definition) is 4. The van der Waals surface area contributed by atoms with Crippen LogP contribution in [-0.2, 0) is 25.7 Å². The molecule has 1 atom stereocenters. The molecule has 0 fully saturated rings. The van der Waals surface area contributed by atoms with E-state index in [1.807, 2.05) is 6.92 Å². The Morgan fingerprint density at radius 2 is 2.00 bits per heavy atom. The van der Waals surface area contributed by atoms with Gasteiger partial charge in [-0.15, -0.1) is 0 Å². The second-order valence-electron chi connectivity index (χ2n) is 6.20. The van der Waals surface area contributed by atoms with Crippen molar-refractivity contribution in [2.75, 3.05) is 26.8 Å². The lowest BCUT2D eigenvalue weighted by Gasteiger charge is -2.23. The number of alkyl halides is 3. The van der Waals surface area contributed by atoms with Gasteiger partial charge in [0.15, 0.2) is 0 Å². The number of halogens is 4. The molecule has 0 saturated heterocycles. The van der Waals surface area contributed by atoms with Crippen molar-refractivity contribution in [1.82, 2.24) is 9.62 Å². The first-order chi connectivity index (χ1) is 12.9. The molecule has 0 spiro atoms. The first-order valence-corrected chi connectivity index (χ1v) is 10.4. The lowest BCUT2D eigenvalue weighted by molar-refractivity contribution is -0.137. The average molecular weight is 445 g/mol. The Morgan fingerprint density at radius 1 is 1.36 bits per heavy atom. The van der Waals surface area contributed by atoms with Crippen molar-refractivity contribution in [1.29, 1.82) is 0 Å². The minimum atomic E-state index is -4.81. The molecule has 1 aromatic rings. The summed E-state index contributed by atoms with van der Waals surface area (Å²) >= 11 is 5.56. The third kappa shape index (κ3) is 6.91. The summed E-state index contributed by atoms with van der Waals surface area (Å²) in [6, 6.07) is 2.18. The first-order valence-electron chi connectivity index (χ1n) is 8.58. The van der Waals surface area contributed by atoms with E-state index in [0.29, 0.717) is 12.5 Å². The van der Waals surface area contributed by atoms with Gasteiger partial charge in [-0.25, -0.2) is 8.42 Å². The molecule has 0 aliphatic carbocycles. The summed E-state index contributed by atoms with van der Waals surface area (Å²) in [6.07, 6.45) is -3.89. The van der Waals surface area contributed by atoms with Crippen LogP contribution in [0.1, 0.15) is 32.3 Å². The molecule has 0 aromatic heterocycles. The fraction of sp³-hybridized carbons (Fsp3) is 0.588. The molecular formula is C17H24ClF3N2O4S. The van der Waals surface area contributed by atoms with Crippen LogP contribution < -0.4 is 5.32 Å². The van der Waals surface area contributed by atoms with Crippen LogP contribution in [0.4, 0.5) is 13.2 Å². The topological polar surface area (TPSA) is 75.7 Å². The van der Waals surface area contributed by atoms with Crippen LogP contribution >= 0.6 is 11.6 Å². The summed E-state index contributed by atoms with van der Waals surface area (Å²) in [6.45, 7) is 3.24. The molecule has 11 heteroatoms. The van der Waals surface area contributed by atoms with E-state index in [1.165, 1.54) is 7.11 Å². The fourth-order valence-electron chi connectivity index (χ4n) is 2.28. The number of amides is 1. The highest BCUT2D eigenvalue weighted by Crippen LogP contribution is 2.36. The fourth-order valence-corrected chi connectivity index (χ4v) is 3.97. The number of methoxy groups -OCH3 is 1. The van der Waals surface area contributed by atoms with Crippen molar-refractivity contribution in [2.45, 2.75) is 43.8 Å². The predicted molar refractivity (Wildman–Crippen MR) is 99.6 cm³/mol. The quantitative estimate of drug-likeness (QED) is 0.562. The zero-order chi connectivity index (χ0) is 21.5. The molecule has 28 heavy (non-hydrogen) atoms. The van der Waals surface area contributed by atoms with Crippen molar-refractivity contribution in [3.05, 3.63) is 28.8 Å². The number of nitrogens with zero attached hydrogens (tertiary/aromatic N) is 1. The summed E-state index contributed by atoms with van der Waals surface area (Å²) in [5.74, 6) is -0.541. The number of carbonyl (C=O) groups is 1. The third-order valence-corrected chi connectivity index (χ3v) is 6.15. The van der Waals surface area contributed by atoms with E-state index in [4.69, 9.17) is 16.3 Å². The monoisotopic (exact) mass is 444 g/mol. The van der Waals surface area contributed by atoms with Crippen LogP contribution in [0.3, 0.4) is 0 Å². The smallest absolute Gasteiger partial charge is 0.385 e. The molecule has 1 unspecified atom stereocenters. The van der Waals surface area contributed by atoms with Crippen LogP contribution in [0.5, 0.6) is 0 Å². The van der Waals surface area contributed by atoms with Gasteiger partial charge in [0.1, 0.15) is 0 Å². The molecule has 6 nitrogen and oxygen atoms in total. The maximum absolute atomic E-state index is 13.1. The number of benzene rings is 1. The van der Waals surface area contributed by atoms with Crippen molar-refractivity contribution >= 4 is 27.5 Å². The number of sulfonamides is 1. The van der Waals surface area contributed by atoms with Crippen LogP contribution in [0.2, 0.25) is 5.02 Å². The molecular weight excluding hydrogens is 421 g/mol. The summed E-state index contributed by atoms with van der Waals surface area (Å²) in [5.41, 5.74) is -1.25. The zero-order valence-corrected chi connectivity index (χ0v) is 17.4. The van der Waals surface area contributed by atoms with Gasteiger partial charge in [-0.1, -0.05) is 18.5 Å². The van der Waals surface area contributed by atoms with E-state index < -0.39 is 44.1 Å². The van der Waals surface area contributed by atoms with Gasteiger partial charge < -0.3 is 10.1 Å². The minimum Gasteiger partial charge on any atom is -0.385 e. The molecule has 1 aromatic carbocycles. The summed E-state index contributed by atoms with van der Waals surface area (Å²) < 4.78 is 70.8. The number of nitrogens with one attached hydrogen (secondary N) is 1. The molecule has 160 valence electrons. The van der Waals surface area contributed by atoms with Gasteiger partial charge in [0.05, 0.1) is 22.0 Å². The van der Waals surface area contributed by atoms with Gasteiger partial charge in [-0.2, -0.15) is 17.5 Å². The van der Waals surface area contributed by atoms with Gasteiger partial charge in [0, 0.05) is 26.3 Å². The van der Waals surface area contributed by atoms with Crippen molar-refractivity contribution < 1.29 is 31.1 Å². The Labute approximate surface area is 168 Å². The summed E-state index contributed by atoms with van der Waals surface area (Å²) in [5, 5.41) is 2.04. The highest BCUT2D eigenvalue weighted by Gasteiger charge is 2.35. The number of ether oxygens (including phenoxy) is 1. The van der Waals surface area contributed by atoms with E-state index in [9.17, 15) is 26.4 Å². The van der Waals surface area contributed by atoms with Gasteiger partial charge in [-0.05, 0) is 38.0 Å². The average Bonchev–Trinajstić information content (AvgIpc) is 2.59. The van der Waals surface area contributed by atoms with E-state index in [2.05, 4.69) is 5.32 Å². The Kier molecular flexibility index (Phi) is 9.19. The maximum atomic E-state index is 13.1. The molecule has 0 aliphatic rings. The minimum absolute atomic E-state index is 0.0892. The lowest BCUT2D eigenvalue weighted by atomic mass is 10.2. The van der Waals surface area contributed by atoms with Gasteiger partial charge in [0.2, 0.25) is 15.9 Å². The zero-order valence-electron chi connectivity index (χ0n) is 15.8. The highest BCUT2D eigenvalue weighted by atomic mass is 35.5. The Morgan fingerprint density at radius 3 is 2.54 bits per heavy atom. The third-order valence-electron chi connectivity index (χ3n) is 3.98. The van der Waals surface area contributed by atoms with Gasteiger partial charge >= 0.3 is 6.18 Å². The van der Waals surface area contributed by atoms with Crippen LogP contribution in [0, 0.1) is 0 Å². The second-order valence-corrected chi connectivity index (χ2v) is 8.55. The van der Waals surface area contributed by atoms with E-state index in [-0.39, 0.29) is 25.6 Å². The van der Waals surface area contributed by atoms with Gasteiger partial charge in [-0.3, -0.25) is 4.79 Å². The SMILES string of the molecule is CCC(C)NC(=O)CN(CCCOC)S(=O)(=O)c1ccc(Cl)c(C(F)(F)F)c1. The number of carbonyl (C=O) groups excluding carboxylic acids is 1. The second kappa shape index (κ2) is 10.4. The molecule has 0 bridgehead atoms. The Bertz CT molecular complexity index is 772. The molecule has 1 N–H and O–H groups in total. The number of rotatable bonds is 10. The molecule has 1 amide bonds.